The maximum Gasteiger partial charge on any atom is 0.0735 e. The highest BCUT2D eigenvalue weighted by molar-refractivity contribution is 5.20. The first-order valence-corrected chi connectivity index (χ1v) is 10.2. The molecule has 0 radical (unpaired) electrons. The summed E-state index contributed by atoms with van der Waals surface area (Å²) in [6.45, 7) is 4.66. The Hall–Kier alpha value is -1.78. The highest BCUT2D eigenvalue weighted by atomic mass is 15.3. The fourth-order valence-electron chi connectivity index (χ4n) is 4.59. The van der Waals surface area contributed by atoms with Crippen LogP contribution in [0.2, 0.25) is 0 Å². The molecule has 4 heteroatoms. The number of hydrogen-bond acceptors (Lipinski definition) is 4. The molecule has 2 aliphatic rings. The lowest BCUT2D eigenvalue weighted by atomic mass is 9.93. The minimum absolute atomic E-state index is 0.282. The van der Waals surface area contributed by atoms with E-state index in [1.807, 2.05) is 24.5 Å². The number of rotatable bonds is 5. The van der Waals surface area contributed by atoms with Gasteiger partial charge in [0, 0.05) is 12.4 Å². The maximum absolute atomic E-state index is 4.80. The highest BCUT2D eigenvalue weighted by Gasteiger charge is 2.37. The van der Waals surface area contributed by atoms with E-state index in [1.54, 1.807) is 0 Å². The summed E-state index contributed by atoms with van der Waals surface area (Å²) in [6.07, 6.45) is 11.7. The van der Waals surface area contributed by atoms with E-state index < -0.39 is 0 Å². The van der Waals surface area contributed by atoms with E-state index in [2.05, 4.69) is 34.1 Å². The Bertz CT molecular complexity index is 589. The fraction of sp³-hybridized carbons (Fsp3) is 0.545. The van der Waals surface area contributed by atoms with Gasteiger partial charge in [-0.15, -0.1) is 0 Å². The van der Waals surface area contributed by atoms with Crippen LogP contribution in [0.5, 0.6) is 0 Å². The van der Waals surface area contributed by atoms with Gasteiger partial charge in [-0.05, 0) is 76.1 Å². The van der Waals surface area contributed by atoms with Crippen molar-refractivity contribution in [2.24, 2.45) is 0 Å². The molecule has 0 unspecified atom stereocenters. The summed E-state index contributed by atoms with van der Waals surface area (Å²) in [7, 11) is 0. The molecule has 2 aromatic heterocycles. The number of nitrogens with zero attached hydrogens (tertiary/aromatic N) is 4. The molecular weight excluding hydrogens is 320 g/mol. The van der Waals surface area contributed by atoms with Crippen molar-refractivity contribution in [2.45, 2.75) is 50.6 Å². The van der Waals surface area contributed by atoms with Gasteiger partial charge >= 0.3 is 0 Å². The normalized spacial score (nSPS) is 22.0. The van der Waals surface area contributed by atoms with E-state index in [1.165, 1.54) is 76.1 Å². The average Bonchev–Trinajstić information content (AvgIpc) is 2.74. The molecule has 0 saturated carbocycles. The van der Waals surface area contributed by atoms with Gasteiger partial charge in [0.1, 0.15) is 0 Å². The van der Waals surface area contributed by atoms with E-state index in [4.69, 9.17) is 9.97 Å². The molecule has 0 aliphatic carbocycles. The fourth-order valence-corrected chi connectivity index (χ4v) is 4.59. The Morgan fingerprint density at radius 2 is 1.00 bits per heavy atom. The molecular formula is C22H30N4. The molecule has 0 spiro atoms. The maximum atomic E-state index is 4.80. The van der Waals surface area contributed by atoms with Gasteiger partial charge in [0.2, 0.25) is 0 Å². The Balaban J connectivity index is 1.74. The van der Waals surface area contributed by atoms with Crippen molar-refractivity contribution in [3.05, 3.63) is 60.2 Å². The lowest BCUT2D eigenvalue weighted by molar-refractivity contribution is 0.0475. The van der Waals surface area contributed by atoms with Crippen molar-refractivity contribution < 1.29 is 0 Å². The summed E-state index contributed by atoms with van der Waals surface area (Å²) < 4.78 is 0. The molecule has 0 N–H and O–H groups in total. The molecule has 0 aromatic carbocycles. The predicted molar refractivity (Wildman–Crippen MR) is 105 cm³/mol. The predicted octanol–water partition coefficient (Wildman–Crippen LogP) is 4.23. The quantitative estimate of drug-likeness (QED) is 0.808. The van der Waals surface area contributed by atoms with Crippen LogP contribution in [0, 0.1) is 0 Å². The van der Waals surface area contributed by atoms with Crippen molar-refractivity contribution in [3.8, 4) is 0 Å². The van der Waals surface area contributed by atoms with Crippen LogP contribution in [0.1, 0.15) is 62.0 Å². The summed E-state index contributed by atoms with van der Waals surface area (Å²) in [5, 5.41) is 0. The Labute approximate surface area is 157 Å². The van der Waals surface area contributed by atoms with E-state index in [0.717, 1.165) is 0 Å². The molecule has 2 atom stereocenters. The number of piperidine rings is 2. The van der Waals surface area contributed by atoms with Crippen molar-refractivity contribution in [3.63, 3.8) is 0 Å². The molecule has 2 saturated heterocycles. The van der Waals surface area contributed by atoms with Gasteiger partial charge in [0.05, 0.1) is 23.5 Å². The van der Waals surface area contributed by atoms with E-state index in [-0.39, 0.29) is 12.1 Å². The lowest BCUT2D eigenvalue weighted by Crippen LogP contribution is -2.45. The van der Waals surface area contributed by atoms with Crippen molar-refractivity contribution in [1.29, 1.82) is 0 Å². The second kappa shape index (κ2) is 8.74. The van der Waals surface area contributed by atoms with Crippen LogP contribution in [-0.4, -0.2) is 45.9 Å². The van der Waals surface area contributed by atoms with E-state index in [0.29, 0.717) is 0 Å². The zero-order valence-corrected chi connectivity index (χ0v) is 15.6. The summed E-state index contributed by atoms with van der Waals surface area (Å²) >= 11 is 0. The molecule has 26 heavy (non-hydrogen) atoms. The summed E-state index contributed by atoms with van der Waals surface area (Å²) in [5.74, 6) is 0. The van der Waals surface area contributed by atoms with Gasteiger partial charge in [-0.25, -0.2) is 0 Å². The zero-order chi connectivity index (χ0) is 17.6. The minimum Gasteiger partial charge on any atom is -0.293 e. The van der Waals surface area contributed by atoms with Crippen LogP contribution in [0.15, 0.2) is 48.8 Å². The molecule has 2 fully saturated rings. The third-order valence-corrected chi connectivity index (χ3v) is 5.85. The first kappa shape index (κ1) is 17.6. The van der Waals surface area contributed by atoms with Crippen LogP contribution in [0.25, 0.3) is 0 Å². The molecule has 0 bridgehead atoms. The van der Waals surface area contributed by atoms with Crippen LogP contribution in [0.3, 0.4) is 0 Å². The minimum atomic E-state index is 0.282. The van der Waals surface area contributed by atoms with Crippen molar-refractivity contribution in [1.82, 2.24) is 19.8 Å². The second-order valence-electron chi connectivity index (χ2n) is 7.59. The van der Waals surface area contributed by atoms with Crippen LogP contribution in [-0.2, 0) is 0 Å². The van der Waals surface area contributed by atoms with Gasteiger partial charge in [0.15, 0.2) is 0 Å². The standard InChI is InChI=1S/C22H30N4/c1-7-15-25(16-8-1)21(19-11-3-5-13-23-19)22(20-12-4-6-14-24-20)26-17-9-2-10-18-26/h3-6,11-14,21-22H,1-2,7-10,15-18H2/t21-,22+. The molecule has 2 aliphatic heterocycles. The Morgan fingerprint density at radius 3 is 1.35 bits per heavy atom. The Morgan fingerprint density at radius 1 is 0.577 bits per heavy atom. The van der Waals surface area contributed by atoms with E-state index >= 15 is 0 Å². The molecule has 0 amide bonds. The van der Waals surface area contributed by atoms with Crippen molar-refractivity contribution >= 4 is 0 Å². The Kier molecular flexibility index (Phi) is 5.92. The largest absolute Gasteiger partial charge is 0.293 e. The number of aromatic nitrogens is 2. The topological polar surface area (TPSA) is 32.3 Å². The number of pyridine rings is 2. The average molecular weight is 351 g/mol. The third kappa shape index (κ3) is 3.97. The zero-order valence-electron chi connectivity index (χ0n) is 15.6. The number of likely N-dealkylation sites (tertiary alicyclic amines) is 2. The van der Waals surface area contributed by atoms with Gasteiger partial charge < -0.3 is 0 Å². The highest BCUT2D eigenvalue weighted by Crippen LogP contribution is 2.39. The van der Waals surface area contributed by atoms with Gasteiger partial charge in [-0.1, -0.05) is 25.0 Å². The first-order valence-electron chi connectivity index (χ1n) is 10.2. The second-order valence-corrected chi connectivity index (χ2v) is 7.59. The van der Waals surface area contributed by atoms with Crippen LogP contribution in [0.4, 0.5) is 0 Å². The van der Waals surface area contributed by atoms with Crippen molar-refractivity contribution in [2.75, 3.05) is 26.2 Å². The SMILES string of the molecule is c1ccc([C@H]([C@H](c2ccccn2)N2CCCCC2)N2CCCCC2)nc1. The van der Waals surface area contributed by atoms with E-state index in [9.17, 15) is 0 Å². The van der Waals surface area contributed by atoms with Crippen LogP contribution >= 0.6 is 0 Å². The molecule has 4 rings (SSSR count). The van der Waals surface area contributed by atoms with Crippen LogP contribution < -0.4 is 0 Å². The summed E-state index contributed by atoms with van der Waals surface area (Å²) in [4.78, 5) is 14.9. The monoisotopic (exact) mass is 350 g/mol. The molecule has 2 aromatic rings. The summed E-state index contributed by atoms with van der Waals surface area (Å²) in [5.41, 5.74) is 2.38. The number of hydrogen-bond donors (Lipinski definition) is 0. The lowest BCUT2D eigenvalue weighted by Gasteiger charge is -2.44. The third-order valence-electron chi connectivity index (χ3n) is 5.85. The van der Waals surface area contributed by atoms with Gasteiger partial charge in [-0.2, -0.15) is 0 Å². The molecule has 4 nitrogen and oxygen atoms in total. The summed E-state index contributed by atoms with van der Waals surface area (Å²) in [6, 6.07) is 13.3. The molecule has 138 valence electrons. The smallest absolute Gasteiger partial charge is 0.0735 e. The van der Waals surface area contributed by atoms with Gasteiger partial charge in [0.25, 0.3) is 0 Å². The first-order chi connectivity index (χ1) is 12.9. The van der Waals surface area contributed by atoms with Gasteiger partial charge in [-0.3, -0.25) is 19.8 Å². The molecule has 4 heterocycles.